The molecule has 1 saturated heterocycles. The zero-order valence-corrected chi connectivity index (χ0v) is 13.0. The molecule has 120 valence electrons. The molecular weight excluding hydrogens is 319 g/mol. The van der Waals surface area contributed by atoms with Crippen LogP contribution in [-0.4, -0.2) is 26.9 Å². The average Bonchev–Trinajstić information content (AvgIpc) is 2.89. The average molecular weight is 334 g/mol. The summed E-state index contributed by atoms with van der Waals surface area (Å²) in [5.74, 6) is -0.951. The molecule has 1 aliphatic rings. The van der Waals surface area contributed by atoms with Crippen molar-refractivity contribution < 1.29 is 17.6 Å². The molecule has 1 N–H and O–H groups in total. The van der Waals surface area contributed by atoms with Crippen LogP contribution in [0.1, 0.15) is 6.42 Å². The number of rotatable bonds is 4. The van der Waals surface area contributed by atoms with Gasteiger partial charge in [-0.25, -0.2) is 12.8 Å². The lowest BCUT2D eigenvalue weighted by atomic mass is 10.3. The van der Waals surface area contributed by atoms with E-state index in [4.69, 9.17) is 0 Å². The summed E-state index contributed by atoms with van der Waals surface area (Å²) in [5, 5.41) is 0. The molecule has 0 radical (unpaired) electrons. The Labute approximate surface area is 133 Å². The summed E-state index contributed by atoms with van der Waals surface area (Å²) < 4.78 is 40.1. The Morgan fingerprint density at radius 2 is 1.83 bits per heavy atom. The van der Waals surface area contributed by atoms with Crippen LogP contribution < -0.4 is 9.62 Å². The van der Waals surface area contributed by atoms with Crippen LogP contribution in [0.3, 0.4) is 0 Å². The molecule has 3 rings (SSSR count). The van der Waals surface area contributed by atoms with Crippen molar-refractivity contribution in [2.24, 2.45) is 0 Å². The number of nitrogens with zero attached hydrogens (tertiary/aromatic N) is 1. The number of amides is 1. The quantitative estimate of drug-likeness (QED) is 0.929. The summed E-state index contributed by atoms with van der Waals surface area (Å²) in [6.07, 6.45) is 0.363. The molecule has 5 nitrogen and oxygen atoms in total. The van der Waals surface area contributed by atoms with Gasteiger partial charge in [-0.1, -0.05) is 24.3 Å². The van der Waals surface area contributed by atoms with E-state index in [-0.39, 0.29) is 10.8 Å². The van der Waals surface area contributed by atoms with Crippen LogP contribution in [0.4, 0.5) is 10.1 Å². The van der Waals surface area contributed by atoms with Gasteiger partial charge in [0.1, 0.15) is 11.9 Å². The highest BCUT2D eigenvalue weighted by Crippen LogP contribution is 2.22. The smallest absolute Gasteiger partial charge is 0.245 e. The third-order valence-corrected chi connectivity index (χ3v) is 5.15. The van der Waals surface area contributed by atoms with E-state index >= 15 is 0 Å². The molecule has 0 spiro atoms. The van der Waals surface area contributed by atoms with Gasteiger partial charge in [-0.2, -0.15) is 4.72 Å². The molecule has 23 heavy (non-hydrogen) atoms. The number of para-hydroxylation sites is 1. The Bertz CT molecular complexity index is 824. The standard InChI is InChI=1S/C16H15FN2O3S/c17-12-5-4-8-14(11-12)23(21,22)18-15-9-10-19(16(15)20)13-6-2-1-3-7-13/h1-8,11,15,18H,9-10H2/t15-/m0/s1. The molecule has 2 aromatic carbocycles. The molecule has 0 unspecified atom stereocenters. The molecule has 1 aliphatic heterocycles. The van der Waals surface area contributed by atoms with Gasteiger partial charge in [0.25, 0.3) is 0 Å². The largest absolute Gasteiger partial charge is 0.311 e. The van der Waals surface area contributed by atoms with E-state index in [1.807, 2.05) is 18.2 Å². The zero-order chi connectivity index (χ0) is 16.4. The van der Waals surface area contributed by atoms with Crippen LogP contribution in [0.2, 0.25) is 0 Å². The highest BCUT2D eigenvalue weighted by molar-refractivity contribution is 7.89. The summed E-state index contributed by atoms with van der Waals surface area (Å²) in [6.45, 7) is 0.430. The van der Waals surface area contributed by atoms with Crippen LogP contribution in [0.25, 0.3) is 0 Å². The van der Waals surface area contributed by atoms with E-state index in [0.29, 0.717) is 13.0 Å². The van der Waals surface area contributed by atoms with Crippen LogP contribution in [0.5, 0.6) is 0 Å². The second kappa shape index (κ2) is 6.10. The van der Waals surface area contributed by atoms with Gasteiger partial charge in [0.05, 0.1) is 4.90 Å². The third-order valence-electron chi connectivity index (χ3n) is 3.68. The first kappa shape index (κ1) is 15.6. The molecule has 0 bridgehead atoms. The maximum Gasteiger partial charge on any atom is 0.245 e. The lowest BCUT2D eigenvalue weighted by Crippen LogP contribution is -2.41. The monoisotopic (exact) mass is 334 g/mol. The number of benzene rings is 2. The van der Waals surface area contributed by atoms with E-state index in [1.165, 1.54) is 12.1 Å². The van der Waals surface area contributed by atoms with Crippen LogP contribution in [-0.2, 0) is 14.8 Å². The van der Waals surface area contributed by atoms with Crippen molar-refractivity contribution in [3.63, 3.8) is 0 Å². The zero-order valence-electron chi connectivity index (χ0n) is 12.1. The fourth-order valence-electron chi connectivity index (χ4n) is 2.54. The second-order valence-electron chi connectivity index (χ2n) is 5.25. The van der Waals surface area contributed by atoms with Gasteiger partial charge in [0.2, 0.25) is 15.9 Å². The minimum absolute atomic E-state index is 0.191. The molecule has 0 aliphatic carbocycles. The highest BCUT2D eigenvalue weighted by Gasteiger charge is 2.35. The topological polar surface area (TPSA) is 66.5 Å². The van der Waals surface area contributed by atoms with Crippen molar-refractivity contribution >= 4 is 21.6 Å². The Morgan fingerprint density at radius 1 is 1.09 bits per heavy atom. The molecule has 1 amide bonds. The van der Waals surface area contributed by atoms with Gasteiger partial charge in [-0.05, 0) is 36.8 Å². The van der Waals surface area contributed by atoms with Gasteiger partial charge in [-0.3, -0.25) is 4.79 Å². The maximum absolute atomic E-state index is 13.2. The number of carbonyl (C=O) groups excluding carboxylic acids is 1. The van der Waals surface area contributed by atoms with Gasteiger partial charge < -0.3 is 4.90 Å². The van der Waals surface area contributed by atoms with Crippen LogP contribution >= 0.6 is 0 Å². The second-order valence-corrected chi connectivity index (χ2v) is 6.96. The van der Waals surface area contributed by atoms with E-state index in [1.54, 1.807) is 17.0 Å². The first-order valence-electron chi connectivity index (χ1n) is 7.12. The molecule has 1 atom stereocenters. The Balaban J connectivity index is 1.78. The van der Waals surface area contributed by atoms with Gasteiger partial charge in [-0.15, -0.1) is 0 Å². The van der Waals surface area contributed by atoms with Crippen molar-refractivity contribution in [1.82, 2.24) is 4.72 Å². The maximum atomic E-state index is 13.2. The van der Waals surface area contributed by atoms with Crippen molar-refractivity contribution in [3.8, 4) is 0 Å². The van der Waals surface area contributed by atoms with Gasteiger partial charge in [0, 0.05) is 12.2 Å². The van der Waals surface area contributed by atoms with Gasteiger partial charge in [0.15, 0.2) is 0 Å². The van der Waals surface area contributed by atoms with Crippen LogP contribution in [0, 0.1) is 5.82 Å². The number of hydrogen-bond acceptors (Lipinski definition) is 3. The molecule has 1 heterocycles. The summed E-state index contributed by atoms with van der Waals surface area (Å²) in [6, 6.07) is 12.9. The fraction of sp³-hybridized carbons (Fsp3) is 0.188. The molecule has 2 aromatic rings. The van der Waals surface area contributed by atoms with E-state index < -0.39 is 21.9 Å². The minimum atomic E-state index is -3.94. The molecular formula is C16H15FN2O3S. The first-order valence-corrected chi connectivity index (χ1v) is 8.60. The number of carbonyl (C=O) groups is 1. The van der Waals surface area contributed by atoms with E-state index in [0.717, 1.165) is 17.8 Å². The minimum Gasteiger partial charge on any atom is -0.311 e. The molecule has 7 heteroatoms. The van der Waals surface area contributed by atoms with Crippen LogP contribution in [0.15, 0.2) is 59.5 Å². The third kappa shape index (κ3) is 3.25. The van der Waals surface area contributed by atoms with Crippen molar-refractivity contribution in [2.45, 2.75) is 17.4 Å². The first-order chi connectivity index (χ1) is 11.0. The SMILES string of the molecule is O=C1[C@@H](NS(=O)(=O)c2cccc(F)c2)CCN1c1ccccc1. The Hall–Kier alpha value is -2.25. The summed E-state index contributed by atoms with van der Waals surface area (Å²) in [7, 11) is -3.94. The number of hydrogen-bond donors (Lipinski definition) is 1. The lowest BCUT2D eigenvalue weighted by Gasteiger charge is -2.17. The normalized spacial score (nSPS) is 18.4. The number of nitrogens with one attached hydrogen (secondary N) is 1. The van der Waals surface area contributed by atoms with E-state index in [2.05, 4.69) is 4.72 Å². The number of halogens is 1. The summed E-state index contributed by atoms with van der Waals surface area (Å²) in [4.78, 5) is 13.8. The Morgan fingerprint density at radius 3 is 2.52 bits per heavy atom. The van der Waals surface area contributed by atoms with Crippen molar-refractivity contribution in [3.05, 3.63) is 60.4 Å². The van der Waals surface area contributed by atoms with E-state index in [9.17, 15) is 17.6 Å². The predicted octanol–water partition coefficient (Wildman–Crippen LogP) is 1.91. The molecule has 0 saturated carbocycles. The van der Waals surface area contributed by atoms with Crippen molar-refractivity contribution in [1.29, 1.82) is 0 Å². The molecule has 0 aromatic heterocycles. The highest BCUT2D eigenvalue weighted by atomic mass is 32.2. The summed E-state index contributed by atoms with van der Waals surface area (Å²) >= 11 is 0. The molecule has 1 fully saturated rings. The van der Waals surface area contributed by atoms with Crippen molar-refractivity contribution in [2.75, 3.05) is 11.4 Å². The fourth-order valence-corrected chi connectivity index (χ4v) is 3.80. The lowest BCUT2D eigenvalue weighted by molar-refractivity contribution is -0.118. The Kier molecular flexibility index (Phi) is 4.14. The summed E-state index contributed by atoms with van der Waals surface area (Å²) in [5.41, 5.74) is 0.727. The number of anilines is 1. The predicted molar refractivity (Wildman–Crippen MR) is 83.9 cm³/mol. The van der Waals surface area contributed by atoms with Gasteiger partial charge >= 0.3 is 0 Å². The number of sulfonamides is 1.